The molecule has 1 aliphatic carbocycles. The predicted molar refractivity (Wildman–Crippen MR) is 149 cm³/mol. The van der Waals surface area contributed by atoms with Crippen molar-refractivity contribution in [3.05, 3.63) is 77.0 Å². The third kappa shape index (κ3) is 6.27. The van der Waals surface area contributed by atoms with E-state index in [4.69, 9.17) is 0 Å². The average molecular weight is 498 g/mol. The Kier molecular flexibility index (Phi) is 7.99. The van der Waals surface area contributed by atoms with E-state index in [0.29, 0.717) is 5.69 Å². The van der Waals surface area contributed by atoms with E-state index in [2.05, 4.69) is 27.3 Å². The molecule has 5 heteroatoms. The van der Waals surface area contributed by atoms with E-state index in [-0.39, 0.29) is 23.7 Å². The Morgan fingerprint density at radius 3 is 2.49 bits per heavy atom. The van der Waals surface area contributed by atoms with Gasteiger partial charge in [-0.3, -0.25) is 9.59 Å². The third-order valence-corrected chi connectivity index (χ3v) is 8.28. The molecule has 194 valence electrons. The topological polar surface area (TPSA) is 62.3 Å². The fourth-order valence-electron chi connectivity index (χ4n) is 5.89. The standard InChI is InChI=1S/C32H39N3O2/c1-22(2)31(36)27-10-9-24-16-19-35(20-17-26(24)21-27)18-15-23-7-12-28(13-8-23)33-32(37)30-14-11-25-5-3-4-6-29(25)34-30/h3-6,9-11,14,21-23,28H,7-8,12-13,15-20H2,1-2H3,(H,33,37)/t23-,28-. The van der Waals surface area contributed by atoms with Gasteiger partial charge in [0.05, 0.1) is 5.52 Å². The van der Waals surface area contributed by atoms with Gasteiger partial charge >= 0.3 is 0 Å². The van der Waals surface area contributed by atoms with Crippen LogP contribution < -0.4 is 5.32 Å². The number of hydrogen-bond donors (Lipinski definition) is 1. The Hall–Kier alpha value is -3.05. The number of pyridine rings is 1. The lowest BCUT2D eigenvalue weighted by Crippen LogP contribution is -2.38. The number of amides is 1. The number of benzene rings is 2. The van der Waals surface area contributed by atoms with Crippen molar-refractivity contribution in [3.8, 4) is 0 Å². The van der Waals surface area contributed by atoms with Gasteiger partial charge in [-0.25, -0.2) is 4.98 Å². The first-order valence-electron chi connectivity index (χ1n) is 14.0. The molecule has 2 aliphatic rings. The van der Waals surface area contributed by atoms with Crippen LogP contribution in [0.25, 0.3) is 10.9 Å². The fourth-order valence-corrected chi connectivity index (χ4v) is 5.89. The summed E-state index contributed by atoms with van der Waals surface area (Å²) in [7, 11) is 0. The summed E-state index contributed by atoms with van der Waals surface area (Å²) in [5.41, 5.74) is 4.98. The minimum absolute atomic E-state index is 0.0408. The normalized spacial score (nSPS) is 20.4. The zero-order valence-corrected chi connectivity index (χ0v) is 22.2. The summed E-state index contributed by atoms with van der Waals surface area (Å²) in [6.45, 7) is 7.23. The Balaban J connectivity index is 1.06. The lowest BCUT2D eigenvalue weighted by Gasteiger charge is -2.30. The van der Waals surface area contributed by atoms with E-state index in [1.54, 1.807) is 0 Å². The summed E-state index contributed by atoms with van der Waals surface area (Å²) in [6.07, 6.45) is 7.74. The van der Waals surface area contributed by atoms with Gasteiger partial charge in [0, 0.05) is 36.0 Å². The Labute approximate surface area is 220 Å². The predicted octanol–water partition coefficient (Wildman–Crippen LogP) is 5.85. The van der Waals surface area contributed by atoms with Gasteiger partial charge in [0.1, 0.15) is 5.69 Å². The number of nitrogens with one attached hydrogen (secondary N) is 1. The lowest BCUT2D eigenvalue weighted by atomic mass is 9.84. The van der Waals surface area contributed by atoms with Crippen molar-refractivity contribution in [1.82, 2.24) is 15.2 Å². The molecule has 1 amide bonds. The highest BCUT2D eigenvalue weighted by Gasteiger charge is 2.24. The van der Waals surface area contributed by atoms with Crippen LogP contribution in [0.4, 0.5) is 0 Å². The van der Waals surface area contributed by atoms with Crippen LogP contribution in [-0.2, 0) is 12.8 Å². The molecule has 2 aromatic carbocycles. The maximum atomic E-state index is 12.8. The van der Waals surface area contributed by atoms with E-state index >= 15 is 0 Å². The molecular weight excluding hydrogens is 458 g/mol. The monoisotopic (exact) mass is 497 g/mol. The maximum Gasteiger partial charge on any atom is 0.270 e. The van der Waals surface area contributed by atoms with E-state index in [9.17, 15) is 9.59 Å². The first kappa shape index (κ1) is 25.6. The quantitative estimate of drug-likeness (QED) is 0.416. The Bertz CT molecular complexity index is 1260. The lowest BCUT2D eigenvalue weighted by molar-refractivity contribution is 0.0913. The van der Waals surface area contributed by atoms with Crippen LogP contribution in [-0.4, -0.2) is 47.3 Å². The number of fused-ring (bicyclic) bond motifs is 2. The van der Waals surface area contributed by atoms with Gasteiger partial charge in [-0.15, -0.1) is 0 Å². The summed E-state index contributed by atoms with van der Waals surface area (Å²) in [6, 6.07) is 18.3. The van der Waals surface area contributed by atoms with Gasteiger partial charge in [-0.2, -0.15) is 0 Å². The van der Waals surface area contributed by atoms with E-state index < -0.39 is 0 Å². The van der Waals surface area contributed by atoms with Crippen molar-refractivity contribution < 1.29 is 9.59 Å². The molecule has 1 aliphatic heterocycles. The van der Waals surface area contributed by atoms with Gasteiger partial charge in [0.15, 0.2) is 5.78 Å². The number of rotatable bonds is 7. The number of nitrogens with zero attached hydrogens (tertiary/aromatic N) is 2. The smallest absolute Gasteiger partial charge is 0.270 e. The molecule has 37 heavy (non-hydrogen) atoms. The molecule has 0 radical (unpaired) electrons. The number of Topliss-reactive ketones (excluding diaryl/α,β-unsaturated/α-hetero) is 1. The van der Waals surface area contributed by atoms with Gasteiger partial charge in [-0.05, 0) is 86.7 Å². The van der Waals surface area contributed by atoms with Crippen LogP contribution in [0.15, 0.2) is 54.6 Å². The SMILES string of the molecule is CC(C)C(=O)c1ccc2c(c1)CCN(CC[C@H]1CC[C@H](NC(=O)c3ccc4ccccc4n3)CC1)CC2. The second kappa shape index (κ2) is 11.6. The van der Waals surface area contributed by atoms with Crippen LogP contribution in [0.5, 0.6) is 0 Å². The van der Waals surface area contributed by atoms with Crippen LogP contribution >= 0.6 is 0 Å². The maximum absolute atomic E-state index is 12.8. The van der Waals surface area contributed by atoms with Gasteiger partial charge in [0.2, 0.25) is 0 Å². The largest absolute Gasteiger partial charge is 0.348 e. The van der Waals surface area contributed by atoms with Crippen LogP contribution in [0.1, 0.15) is 77.9 Å². The Morgan fingerprint density at radius 2 is 1.70 bits per heavy atom. The summed E-state index contributed by atoms with van der Waals surface area (Å²) in [5, 5.41) is 4.28. The van der Waals surface area contributed by atoms with Crippen molar-refractivity contribution >= 4 is 22.6 Å². The molecule has 0 spiro atoms. The third-order valence-electron chi connectivity index (χ3n) is 8.28. The van der Waals surface area contributed by atoms with Crippen LogP contribution in [0.3, 0.4) is 0 Å². The molecule has 0 bridgehead atoms. The molecule has 5 nitrogen and oxygen atoms in total. The highest BCUT2D eigenvalue weighted by atomic mass is 16.2. The van der Waals surface area contributed by atoms with E-state index in [1.165, 1.54) is 30.4 Å². The summed E-state index contributed by atoms with van der Waals surface area (Å²) in [4.78, 5) is 32.4. The molecule has 2 heterocycles. The molecule has 0 unspecified atom stereocenters. The first-order valence-corrected chi connectivity index (χ1v) is 14.0. The van der Waals surface area contributed by atoms with Crippen LogP contribution in [0, 0.1) is 11.8 Å². The molecule has 0 saturated heterocycles. The molecule has 3 aromatic rings. The van der Waals surface area contributed by atoms with Gasteiger partial charge in [0.25, 0.3) is 5.91 Å². The number of ketones is 1. The van der Waals surface area contributed by atoms with Crippen molar-refractivity contribution in [2.45, 2.75) is 64.8 Å². The molecule has 5 rings (SSSR count). The summed E-state index contributed by atoms with van der Waals surface area (Å²) in [5.74, 6) is 0.952. The Morgan fingerprint density at radius 1 is 0.946 bits per heavy atom. The van der Waals surface area contributed by atoms with Crippen molar-refractivity contribution in [2.75, 3.05) is 19.6 Å². The highest BCUT2D eigenvalue weighted by Crippen LogP contribution is 2.28. The minimum atomic E-state index is -0.0587. The molecule has 1 saturated carbocycles. The van der Waals surface area contributed by atoms with Crippen molar-refractivity contribution in [2.24, 2.45) is 11.8 Å². The molecular formula is C32H39N3O2. The van der Waals surface area contributed by atoms with Gasteiger partial charge < -0.3 is 10.2 Å². The summed E-state index contributed by atoms with van der Waals surface area (Å²) < 4.78 is 0. The number of hydrogen-bond acceptors (Lipinski definition) is 4. The number of para-hydroxylation sites is 1. The molecule has 1 N–H and O–H groups in total. The first-order chi connectivity index (χ1) is 18.0. The molecule has 1 aromatic heterocycles. The van der Waals surface area contributed by atoms with E-state index in [0.717, 1.165) is 67.7 Å². The van der Waals surface area contributed by atoms with Crippen molar-refractivity contribution in [3.63, 3.8) is 0 Å². The van der Waals surface area contributed by atoms with E-state index in [1.807, 2.05) is 56.3 Å². The number of aromatic nitrogens is 1. The highest BCUT2D eigenvalue weighted by molar-refractivity contribution is 5.97. The van der Waals surface area contributed by atoms with Crippen LogP contribution in [0.2, 0.25) is 0 Å². The van der Waals surface area contributed by atoms with Gasteiger partial charge in [-0.1, -0.05) is 50.2 Å². The zero-order chi connectivity index (χ0) is 25.8. The molecule has 1 fully saturated rings. The second-order valence-corrected chi connectivity index (χ2v) is 11.2. The average Bonchev–Trinajstić information content (AvgIpc) is 3.13. The molecule has 0 atom stereocenters. The minimum Gasteiger partial charge on any atom is -0.348 e. The summed E-state index contributed by atoms with van der Waals surface area (Å²) >= 11 is 0. The number of carbonyl (C=O) groups is 2. The zero-order valence-electron chi connectivity index (χ0n) is 22.2. The fraction of sp³-hybridized carbons (Fsp3) is 0.469. The number of carbonyl (C=O) groups excluding carboxylic acids is 2. The second-order valence-electron chi connectivity index (χ2n) is 11.2. The van der Waals surface area contributed by atoms with Crippen molar-refractivity contribution in [1.29, 1.82) is 0 Å².